The molecule has 0 atom stereocenters. The Morgan fingerprint density at radius 2 is 1.85 bits per heavy atom. The van der Waals surface area contributed by atoms with Gasteiger partial charge in [-0.25, -0.2) is 0 Å². The fraction of sp³-hybridized carbons (Fsp3) is 0.889. The molecule has 0 saturated heterocycles. The molecule has 0 aromatic carbocycles. The van der Waals surface area contributed by atoms with E-state index >= 15 is 0 Å². The molecule has 0 aliphatic carbocycles. The molecule has 0 radical (unpaired) electrons. The van der Waals surface area contributed by atoms with Crippen molar-refractivity contribution in [1.82, 2.24) is 5.32 Å². The normalized spacial score (nSPS) is 9.08. The van der Waals surface area contributed by atoms with Crippen LogP contribution < -0.4 is 5.32 Å². The Labute approximate surface area is 104 Å². The molecule has 74 valence electrons. The zero-order chi connectivity index (χ0) is 9.23. The number of hydrogen-bond acceptors (Lipinski definition) is 2. The summed E-state index contributed by atoms with van der Waals surface area (Å²) in [6.07, 6.45) is 4.97. The van der Waals surface area contributed by atoms with Crippen molar-refractivity contribution in [2.24, 2.45) is 0 Å². The first-order chi connectivity index (χ1) is 5.81. The molecule has 0 aliphatic rings. The molecule has 4 heteroatoms. The Hall–Kier alpha value is 0.837. The summed E-state index contributed by atoms with van der Waals surface area (Å²) < 4.78 is 0.969. The van der Waals surface area contributed by atoms with Crippen LogP contribution in [0.4, 0.5) is 0 Å². The molecule has 0 aromatic heterocycles. The van der Waals surface area contributed by atoms with Gasteiger partial charge in [0.15, 0.2) is 0 Å². The molecule has 1 N–H and O–H groups in total. The Balaban J connectivity index is 0. The van der Waals surface area contributed by atoms with Gasteiger partial charge in [-0.2, -0.15) is 0 Å². The number of rotatable bonds is 6. The van der Waals surface area contributed by atoms with Gasteiger partial charge in [0.1, 0.15) is 4.32 Å². The van der Waals surface area contributed by atoms with Crippen LogP contribution in [-0.4, -0.2) is 35.5 Å². The van der Waals surface area contributed by atoms with E-state index in [9.17, 15) is 0 Å². The van der Waals surface area contributed by atoms with E-state index in [1.807, 2.05) is 0 Å². The van der Waals surface area contributed by atoms with Gasteiger partial charge in [0.2, 0.25) is 0 Å². The third-order valence-electron chi connectivity index (χ3n) is 1.53. The Kier molecular flexibility index (Phi) is 16.1. The van der Waals surface area contributed by atoms with Crippen LogP contribution in [0.3, 0.4) is 0 Å². The summed E-state index contributed by atoms with van der Waals surface area (Å²) in [6.45, 7) is 5.43. The van der Waals surface area contributed by atoms with Gasteiger partial charge in [0, 0.05) is 12.3 Å². The quantitative estimate of drug-likeness (QED) is 0.414. The monoisotopic (exact) mass is 213 g/mol. The number of nitrogens with one attached hydrogen (secondary N) is 1. The van der Waals surface area contributed by atoms with Crippen molar-refractivity contribution < 1.29 is 0 Å². The number of hydrogen-bond donors (Lipinski definition) is 1. The summed E-state index contributed by atoms with van der Waals surface area (Å²) in [4.78, 5) is 0. The number of unbranched alkanes of at least 4 members (excludes halogenated alkanes) is 2. The average molecular weight is 213 g/mol. The zero-order valence-corrected chi connectivity index (χ0v) is 9.69. The molecule has 0 unspecified atom stereocenters. The van der Waals surface area contributed by atoms with Crippen LogP contribution >= 0.6 is 24.0 Å². The maximum absolute atomic E-state index is 5.13. The maximum atomic E-state index is 5.13. The summed E-state index contributed by atoms with van der Waals surface area (Å²) in [5, 5.41) is 3.24. The Bertz CT molecular complexity index is 108. The van der Waals surface area contributed by atoms with Gasteiger partial charge < -0.3 is 5.32 Å². The van der Waals surface area contributed by atoms with Crippen LogP contribution in [0.15, 0.2) is 0 Å². The molecule has 0 spiro atoms. The molecule has 0 aliphatic heterocycles. The van der Waals surface area contributed by atoms with Crippen molar-refractivity contribution in [3.63, 3.8) is 0 Å². The van der Waals surface area contributed by atoms with E-state index in [-0.39, 0.29) is 18.9 Å². The Morgan fingerprint density at radius 1 is 1.23 bits per heavy atom. The number of thiocarbonyl (C=S) groups is 1. The first kappa shape index (κ1) is 16.3. The minimum atomic E-state index is 0. The summed E-state index contributed by atoms with van der Waals surface area (Å²) in [6, 6.07) is 0. The van der Waals surface area contributed by atoms with Crippen LogP contribution in [0.2, 0.25) is 0 Å². The molecular formula is C9H20LiNS2. The SMILES string of the molecule is CCCCNC(=S)SCCCC.[LiH]. The molecule has 0 bridgehead atoms. The second-order valence-electron chi connectivity index (χ2n) is 2.77. The fourth-order valence-corrected chi connectivity index (χ4v) is 1.90. The van der Waals surface area contributed by atoms with Crippen molar-refractivity contribution >= 4 is 47.2 Å². The van der Waals surface area contributed by atoms with E-state index in [1.54, 1.807) is 11.8 Å². The predicted octanol–water partition coefficient (Wildman–Crippen LogP) is 2.55. The van der Waals surface area contributed by atoms with Gasteiger partial charge in [-0.15, -0.1) is 0 Å². The second kappa shape index (κ2) is 12.8. The van der Waals surface area contributed by atoms with Gasteiger partial charge in [0.25, 0.3) is 0 Å². The molecule has 13 heavy (non-hydrogen) atoms. The molecule has 0 heterocycles. The van der Waals surface area contributed by atoms with Gasteiger partial charge in [-0.1, -0.05) is 50.7 Å². The summed E-state index contributed by atoms with van der Waals surface area (Å²) in [7, 11) is 0. The van der Waals surface area contributed by atoms with E-state index < -0.39 is 0 Å². The average Bonchev–Trinajstić information content (AvgIpc) is 2.06. The van der Waals surface area contributed by atoms with E-state index in [4.69, 9.17) is 12.2 Å². The van der Waals surface area contributed by atoms with Gasteiger partial charge >= 0.3 is 18.9 Å². The van der Waals surface area contributed by atoms with Crippen LogP contribution in [-0.2, 0) is 0 Å². The molecule has 0 fully saturated rings. The van der Waals surface area contributed by atoms with Gasteiger partial charge in [-0.05, 0) is 12.8 Å². The third-order valence-corrected chi connectivity index (χ3v) is 2.93. The van der Waals surface area contributed by atoms with E-state index in [2.05, 4.69) is 19.2 Å². The van der Waals surface area contributed by atoms with E-state index in [1.165, 1.54) is 25.7 Å². The molecule has 0 aromatic rings. The van der Waals surface area contributed by atoms with Crippen molar-refractivity contribution in [2.75, 3.05) is 12.3 Å². The van der Waals surface area contributed by atoms with Crippen molar-refractivity contribution in [2.45, 2.75) is 39.5 Å². The first-order valence-corrected chi connectivity index (χ1v) is 6.11. The molecule has 0 rings (SSSR count). The van der Waals surface area contributed by atoms with Crippen LogP contribution in [0.5, 0.6) is 0 Å². The fourth-order valence-electron chi connectivity index (χ4n) is 0.727. The van der Waals surface area contributed by atoms with Crippen molar-refractivity contribution in [3.05, 3.63) is 0 Å². The van der Waals surface area contributed by atoms with Crippen LogP contribution in [0.25, 0.3) is 0 Å². The topological polar surface area (TPSA) is 12.0 Å². The van der Waals surface area contributed by atoms with Gasteiger partial charge in [0.05, 0.1) is 0 Å². The second-order valence-corrected chi connectivity index (χ2v) is 4.54. The van der Waals surface area contributed by atoms with Crippen LogP contribution in [0.1, 0.15) is 39.5 Å². The van der Waals surface area contributed by atoms with E-state index in [0.29, 0.717) is 0 Å². The molecule has 0 amide bonds. The predicted molar refractivity (Wildman–Crippen MR) is 70.0 cm³/mol. The first-order valence-electron chi connectivity index (χ1n) is 4.71. The minimum absolute atomic E-state index is 0. The zero-order valence-electron chi connectivity index (χ0n) is 8.06. The van der Waals surface area contributed by atoms with Crippen molar-refractivity contribution in [3.8, 4) is 0 Å². The standard InChI is InChI=1S/C9H19NS2.Li.H/c1-3-5-7-10-9(11)12-8-6-4-2;;/h3-8H2,1-2H3,(H,10,11);;. The summed E-state index contributed by atoms with van der Waals surface area (Å²) in [5.74, 6) is 1.16. The Morgan fingerprint density at radius 3 is 2.38 bits per heavy atom. The molecule has 0 saturated carbocycles. The molecular weight excluding hydrogens is 193 g/mol. The summed E-state index contributed by atoms with van der Waals surface area (Å²) in [5.41, 5.74) is 0. The van der Waals surface area contributed by atoms with E-state index in [0.717, 1.165) is 16.6 Å². The van der Waals surface area contributed by atoms with Crippen LogP contribution in [0, 0.1) is 0 Å². The molecule has 1 nitrogen and oxygen atoms in total. The third kappa shape index (κ3) is 12.8. The van der Waals surface area contributed by atoms with Gasteiger partial charge in [-0.3, -0.25) is 0 Å². The number of thioether (sulfide) groups is 1. The summed E-state index contributed by atoms with van der Waals surface area (Å²) >= 11 is 6.90. The van der Waals surface area contributed by atoms with Crippen molar-refractivity contribution in [1.29, 1.82) is 0 Å².